The van der Waals surface area contributed by atoms with Crippen LogP contribution in [0.3, 0.4) is 0 Å². The van der Waals surface area contributed by atoms with Gasteiger partial charge in [-0.25, -0.2) is 0 Å². The summed E-state index contributed by atoms with van der Waals surface area (Å²) in [5, 5.41) is 18.0. The van der Waals surface area contributed by atoms with Crippen LogP contribution in [0.1, 0.15) is 29.2 Å². The van der Waals surface area contributed by atoms with Crippen molar-refractivity contribution in [2.24, 2.45) is 0 Å². The summed E-state index contributed by atoms with van der Waals surface area (Å²) in [4.78, 5) is 0. The lowest BCUT2D eigenvalue weighted by molar-refractivity contribution is -0.0381. The van der Waals surface area contributed by atoms with E-state index in [9.17, 15) is 0 Å². The lowest BCUT2D eigenvalue weighted by Crippen LogP contribution is -2.07. The maximum absolute atomic E-state index is 9.00. The summed E-state index contributed by atoms with van der Waals surface area (Å²) in [5.74, 6) is 0. The molecule has 0 aromatic heterocycles. The van der Waals surface area contributed by atoms with Crippen molar-refractivity contribution in [1.82, 2.24) is 0 Å². The molecule has 0 heterocycles. The lowest BCUT2D eigenvalue weighted by Gasteiger charge is -2.04. The van der Waals surface area contributed by atoms with Crippen molar-refractivity contribution in [3.05, 3.63) is 70.8 Å². The summed E-state index contributed by atoms with van der Waals surface area (Å²) in [6.45, 7) is 2.15. The fraction of sp³-hybridized carbons (Fsp3) is 0.222. The van der Waals surface area contributed by atoms with E-state index in [4.69, 9.17) is 10.2 Å². The van der Waals surface area contributed by atoms with E-state index in [0.29, 0.717) is 0 Å². The van der Waals surface area contributed by atoms with E-state index >= 15 is 0 Å². The van der Waals surface area contributed by atoms with Crippen molar-refractivity contribution in [1.29, 1.82) is 0 Å². The molecule has 2 nitrogen and oxygen atoms in total. The Hall–Kier alpha value is -1.90. The highest BCUT2D eigenvalue weighted by atomic mass is 16.5. The molecule has 0 aliphatic rings. The average Bonchev–Trinajstić information content (AvgIpc) is 2.45. The van der Waals surface area contributed by atoms with Crippen LogP contribution in [0, 0.1) is 0 Å². The Labute approximate surface area is 120 Å². The summed E-state index contributed by atoms with van der Waals surface area (Å²) < 4.78 is 0. The zero-order valence-electron chi connectivity index (χ0n) is 11.7. The first-order valence-electron chi connectivity index (χ1n) is 6.89. The zero-order valence-corrected chi connectivity index (χ0v) is 11.7. The fourth-order valence-corrected chi connectivity index (χ4v) is 2.14. The largest absolute Gasteiger partial charge is 0.368 e. The third kappa shape index (κ3) is 4.34. The second kappa shape index (κ2) is 7.04. The minimum Gasteiger partial charge on any atom is -0.368 e. The van der Waals surface area contributed by atoms with Gasteiger partial charge in [-0.05, 0) is 28.7 Å². The van der Waals surface area contributed by atoms with Gasteiger partial charge in [0.25, 0.3) is 0 Å². The molecule has 2 aromatic rings. The second-order valence-corrected chi connectivity index (χ2v) is 4.86. The minimum atomic E-state index is -1.30. The summed E-state index contributed by atoms with van der Waals surface area (Å²) in [6.07, 6.45) is 4.12. The van der Waals surface area contributed by atoms with Crippen LogP contribution in [0.25, 0.3) is 12.2 Å². The quantitative estimate of drug-likeness (QED) is 0.645. The molecule has 0 aliphatic heterocycles. The van der Waals surface area contributed by atoms with Gasteiger partial charge in [0.1, 0.15) is 0 Å². The van der Waals surface area contributed by atoms with Crippen molar-refractivity contribution in [2.45, 2.75) is 26.1 Å². The van der Waals surface area contributed by atoms with Crippen molar-refractivity contribution in [3.8, 4) is 0 Å². The van der Waals surface area contributed by atoms with Crippen LogP contribution < -0.4 is 0 Å². The standard InChI is InChI=1S/C18H20O2/c1-2-14-5-3-6-15(11-14)9-10-16-7-4-8-17(12-16)13-18(19)20/h3-12,18-20H,2,13H2,1H3/b10-9+. The van der Waals surface area contributed by atoms with Crippen LogP contribution in [0.4, 0.5) is 0 Å². The van der Waals surface area contributed by atoms with Gasteiger partial charge < -0.3 is 10.2 Å². The molecule has 0 saturated heterocycles. The van der Waals surface area contributed by atoms with Gasteiger partial charge in [-0.15, -0.1) is 0 Å². The molecule has 0 atom stereocenters. The molecule has 2 heteroatoms. The number of aliphatic hydroxyl groups is 2. The maximum Gasteiger partial charge on any atom is 0.155 e. The van der Waals surface area contributed by atoms with Crippen LogP contribution >= 0.6 is 0 Å². The fourth-order valence-electron chi connectivity index (χ4n) is 2.14. The van der Waals surface area contributed by atoms with Gasteiger partial charge in [-0.1, -0.05) is 67.6 Å². The normalized spacial score (nSPS) is 11.4. The Morgan fingerprint density at radius 1 is 0.900 bits per heavy atom. The van der Waals surface area contributed by atoms with Gasteiger partial charge in [0.2, 0.25) is 0 Å². The molecule has 20 heavy (non-hydrogen) atoms. The van der Waals surface area contributed by atoms with Crippen LogP contribution in [-0.4, -0.2) is 16.5 Å². The topological polar surface area (TPSA) is 40.5 Å². The summed E-state index contributed by atoms with van der Waals surface area (Å²) in [7, 11) is 0. The van der Waals surface area contributed by atoms with Crippen molar-refractivity contribution in [3.63, 3.8) is 0 Å². The average molecular weight is 268 g/mol. The van der Waals surface area contributed by atoms with Crippen molar-refractivity contribution < 1.29 is 10.2 Å². The van der Waals surface area contributed by atoms with Gasteiger partial charge >= 0.3 is 0 Å². The Balaban J connectivity index is 2.14. The van der Waals surface area contributed by atoms with Crippen LogP contribution in [0.5, 0.6) is 0 Å². The predicted molar refractivity (Wildman–Crippen MR) is 83.1 cm³/mol. The number of rotatable bonds is 5. The van der Waals surface area contributed by atoms with Gasteiger partial charge in [0, 0.05) is 6.42 Å². The molecule has 0 saturated carbocycles. The number of hydrogen-bond acceptors (Lipinski definition) is 2. The first-order chi connectivity index (χ1) is 9.67. The molecule has 0 unspecified atom stereocenters. The lowest BCUT2D eigenvalue weighted by atomic mass is 10.1. The number of hydrogen-bond donors (Lipinski definition) is 2. The smallest absolute Gasteiger partial charge is 0.155 e. The van der Waals surface area contributed by atoms with Crippen LogP contribution in [0.15, 0.2) is 48.5 Å². The highest BCUT2D eigenvalue weighted by molar-refractivity contribution is 5.70. The van der Waals surface area contributed by atoms with E-state index < -0.39 is 6.29 Å². The Bertz CT molecular complexity index is 585. The minimum absolute atomic E-state index is 0.257. The van der Waals surface area contributed by atoms with E-state index in [-0.39, 0.29) is 6.42 Å². The number of aryl methyl sites for hydroxylation is 1. The maximum atomic E-state index is 9.00. The SMILES string of the molecule is CCc1cccc(/C=C/c2cccc(CC(O)O)c2)c1. The van der Waals surface area contributed by atoms with Crippen LogP contribution in [0.2, 0.25) is 0 Å². The number of aliphatic hydroxyl groups excluding tert-OH is 1. The van der Waals surface area contributed by atoms with E-state index in [2.05, 4.69) is 37.3 Å². The highest BCUT2D eigenvalue weighted by Crippen LogP contribution is 2.13. The molecule has 0 amide bonds. The highest BCUT2D eigenvalue weighted by Gasteiger charge is 2.00. The first-order valence-corrected chi connectivity index (χ1v) is 6.89. The molecular weight excluding hydrogens is 248 g/mol. The monoisotopic (exact) mass is 268 g/mol. The third-order valence-electron chi connectivity index (χ3n) is 3.20. The molecule has 104 valence electrons. The predicted octanol–water partition coefficient (Wildman–Crippen LogP) is 3.27. The zero-order chi connectivity index (χ0) is 14.4. The molecule has 0 bridgehead atoms. The van der Waals surface area contributed by atoms with Gasteiger partial charge in [-0.3, -0.25) is 0 Å². The van der Waals surface area contributed by atoms with E-state index in [1.54, 1.807) is 0 Å². The second-order valence-electron chi connectivity index (χ2n) is 4.86. The van der Waals surface area contributed by atoms with Gasteiger partial charge in [0.15, 0.2) is 6.29 Å². The first kappa shape index (κ1) is 14.5. The number of benzene rings is 2. The Kier molecular flexibility index (Phi) is 5.10. The molecule has 2 N–H and O–H groups in total. The third-order valence-corrected chi connectivity index (χ3v) is 3.20. The van der Waals surface area contributed by atoms with E-state index in [1.165, 1.54) is 11.1 Å². The molecule has 2 aromatic carbocycles. The molecule has 0 spiro atoms. The summed E-state index contributed by atoms with van der Waals surface area (Å²) in [5.41, 5.74) is 4.48. The van der Waals surface area contributed by atoms with Gasteiger partial charge in [0.05, 0.1) is 0 Å². The molecule has 0 aliphatic carbocycles. The van der Waals surface area contributed by atoms with Crippen LogP contribution in [-0.2, 0) is 12.8 Å². The molecular formula is C18H20O2. The van der Waals surface area contributed by atoms with Crippen molar-refractivity contribution in [2.75, 3.05) is 0 Å². The summed E-state index contributed by atoms with van der Waals surface area (Å²) >= 11 is 0. The summed E-state index contributed by atoms with van der Waals surface area (Å²) in [6, 6.07) is 16.3. The molecule has 0 radical (unpaired) electrons. The van der Waals surface area contributed by atoms with Crippen molar-refractivity contribution >= 4 is 12.2 Å². The molecule has 0 fully saturated rings. The van der Waals surface area contributed by atoms with E-state index in [0.717, 1.165) is 17.5 Å². The molecule has 2 rings (SSSR count). The Morgan fingerprint density at radius 2 is 1.45 bits per heavy atom. The van der Waals surface area contributed by atoms with Gasteiger partial charge in [-0.2, -0.15) is 0 Å². The Morgan fingerprint density at radius 3 is 2.00 bits per heavy atom. The van der Waals surface area contributed by atoms with E-state index in [1.807, 2.05) is 30.3 Å².